The average molecular weight is 305 g/mol. The number of nitrogens with one attached hydrogen (secondary N) is 1. The van der Waals surface area contributed by atoms with Gasteiger partial charge in [0.2, 0.25) is 5.91 Å². The summed E-state index contributed by atoms with van der Waals surface area (Å²) in [6.45, 7) is 3.17. The number of hydrogen-bond acceptors (Lipinski definition) is 3. The Bertz CT molecular complexity index is 708. The fourth-order valence-corrected chi connectivity index (χ4v) is 2.16. The van der Waals surface area contributed by atoms with Gasteiger partial charge in [-0.3, -0.25) is 9.59 Å². The van der Waals surface area contributed by atoms with E-state index in [0.717, 1.165) is 11.3 Å². The zero-order valence-electron chi connectivity index (χ0n) is 12.3. The van der Waals surface area contributed by atoms with Gasteiger partial charge in [-0.05, 0) is 38.1 Å². The maximum Gasteiger partial charge on any atom is 0.322 e. The van der Waals surface area contributed by atoms with Crippen molar-refractivity contribution in [3.63, 3.8) is 0 Å². The molecule has 116 valence electrons. The minimum atomic E-state index is -1.09. The first-order chi connectivity index (χ1) is 10.4. The topological polar surface area (TPSA) is 84.2 Å². The minimum Gasteiger partial charge on any atom is -0.480 e. The highest BCUT2D eigenvalue weighted by molar-refractivity contribution is 5.83. The smallest absolute Gasteiger partial charge is 0.322 e. The van der Waals surface area contributed by atoms with E-state index in [1.165, 1.54) is 12.1 Å². The molecule has 0 radical (unpaired) electrons. The summed E-state index contributed by atoms with van der Waals surface area (Å²) < 4.78 is 14.6. The Balaban J connectivity index is 2.22. The van der Waals surface area contributed by atoms with Crippen LogP contribution >= 0.6 is 0 Å². The number of carbonyl (C=O) groups is 2. The predicted molar refractivity (Wildman–Crippen MR) is 77.3 cm³/mol. The van der Waals surface area contributed by atoms with Crippen molar-refractivity contribution in [3.05, 3.63) is 47.0 Å². The van der Waals surface area contributed by atoms with Crippen LogP contribution in [0.15, 0.2) is 24.3 Å². The maximum absolute atomic E-state index is 13.0. The second-order valence-corrected chi connectivity index (χ2v) is 4.88. The molecule has 0 unspecified atom stereocenters. The molecule has 0 aliphatic carbocycles. The summed E-state index contributed by atoms with van der Waals surface area (Å²) in [6, 6.07) is 5.88. The molecule has 0 saturated heterocycles. The van der Waals surface area contributed by atoms with Crippen LogP contribution in [0.2, 0.25) is 0 Å². The lowest BCUT2D eigenvalue weighted by Crippen LogP contribution is -2.30. The number of aliphatic carboxylic acids is 1. The lowest BCUT2D eigenvalue weighted by molar-refractivity contribution is -0.137. The van der Waals surface area contributed by atoms with Crippen molar-refractivity contribution in [3.8, 4) is 5.69 Å². The zero-order chi connectivity index (χ0) is 16.3. The summed E-state index contributed by atoms with van der Waals surface area (Å²) in [4.78, 5) is 22.2. The number of aryl methyl sites for hydroxylation is 1. The standard InChI is InChI=1S/C15H16FN3O3/c1-9-13(7-14(20)17-8-15(21)22)10(2)19(18-9)12-5-3-11(16)4-6-12/h3-6H,7-8H2,1-2H3,(H,17,20)(H,21,22). The molecule has 1 heterocycles. The molecule has 1 aromatic carbocycles. The van der Waals surface area contributed by atoms with Gasteiger partial charge < -0.3 is 10.4 Å². The Kier molecular flexibility index (Phi) is 4.55. The van der Waals surface area contributed by atoms with Gasteiger partial charge >= 0.3 is 5.97 Å². The minimum absolute atomic E-state index is 0.0478. The number of rotatable bonds is 5. The second kappa shape index (κ2) is 6.38. The second-order valence-electron chi connectivity index (χ2n) is 4.88. The van der Waals surface area contributed by atoms with Crippen LogP contribution in [0.25, 0.3) is 5.69 Å². The first-order valence-corrected chi connectivity index (χ1v) is 6.68. The number of hydrogen-bond donors (Lipinski definition) is 2. The number of halogens is 1. The van der Waals surface area contributed by atoms with Gasteiger partial charge in [-0.1, -0.05) is 0 Å². The van der Waals surface area contributed by atoms with Gasteiger partial charge in [0.25, 0.3) is 0 Å². The highest BCUT2D eigenvalue weighted by atomic mass is 19.1. The van der Waals surface area contributed by atoms with E-state index in [0.29, 0.717) is 11.4 Å². The molecular weight excluding hydrogens is 289 g/mol. The number of carboxylic acids is 1. The Hall–Kier alpha value is -2.70. The van der Waals surface area contributed by atoms with Crippen LogP contribution in [0.5, 0.6) is 0 Å². The largest absolute Gasteiger partial charge is 0.480 e. The number of carboxylic acid groups (broad SMARTS) is 1. The zero-order valence-corrected chi connectivity index (χ0v) is 12.3. The van der Waals surface area contributed by atoms with Crippen molar-refractivity contribution in [2.75, 3.05) is 6.54 Å². The Morgan fingerprint density at radius 2 is 1.91 bits per heavy atom. The van der Waals surface area contributed by atoms with Crippen LogP contribution in [0, 0.1) is 19.7 Å². The maximum atomic E-state index is 13.0. The third-order valence-electron chi connectivity index (χ3n) is 3.29. The van der Waals surface area contributed by atoms with E-state index in [1.54, 1.807) is 23.7 Å². The lowest BCUT2D eigenvalue weighted by atomic mass is 10.1. The molecule has 7 heteroatoms. The highest BCUT2D eigenvalue weighted by Crippen LogP contribution is 2.18. The molecule has 0 saturated carbocycles. The van der Waals surface area contributed by atoms with E-state index in [2.05, 4.69) is 10.4 Å². The SMILES string of the molecule is Cc1nn(-c2ccc(F)cc2)c(C)c1CC(=O)NCC(=O)O. The summed E-state index contributed by atoms with van der Waals surface area (Å²) in [5.41, 5.74) is 2.85. The number of nitrogens with zero attached hydrogens (tertiary/aromatic N) is 2. The van der Waals surface area contributed by atoms with Gasteiger partial charge in [-0.2, -0.15) is 5.10 Å². The van der Waals surface area contributed by atoms with E-state index >= 15 is 0 Å². The molecular formula is C15H16FN3O3. The molecule has 1 amide bonds. The molecule has 1 aromatic heterocycles. The number of amides is 1. The fraction of sp³-hybridized carbons (Fsp3) is 0.267. The van der Waals surface area contributed by atoms with Gasteiger partial charge in [0.15, 0.2) is 0 Å². The molecule has 0 atom stereocenters. The van der Waals surface area contributed by atoms with Crippen LogP contribution in [0.4, 0.5) is 4.39 Å². The Morgan fingerprint density at radius 3 is 2.50 bits per heavy atom. The molecule has 6 nitrogen and oxygen atoms in total. The first-order valence-electron chi connectivity index (χ1n) is 6.68. The van der Waals surface area contributed by atoms with Crippen molar-refractivity contribution < 1.29 is 19.1 Å². The number of benzene rings is 1. The van der Waals surface area contributed by atoms with E-state index in [9.17, 15) is 14.0 Å². The van der Waals surface area contributed by atoms with E-state index in [1.807, 2.05) is 6.92 Å². The summed E-state index contributed by atoms with van der Waals surface area (Å²) in [7, 11) is 0. The monoisotopic (exact) mass is 305 g/mol. The number of aromatic nitrogens is 2. The fourth-order valence-electron chi connectivity index (χ4n) is 2.16. The third-order valence-corrected chi connectivity index (χ3v) is 3.29. The van der Waals surface area contributed by atoms with E-state index < -0.39 is 12.5 Å². The molecule has 2 rings (SSSR count). The van der Waals surface area contributed by atoms with Crippen molar-refractivity contribution >= 4 is 11.9 Å². The molecule has 0 spiro atoms. The highest BCUT2D eigenvalue weighted by Gasteiger charge is 2.16. The summed E-state index contributed by atoms with van der Waals surface area (Å²) in [6.07, 6.45) is 0.0478. The van der Waals surface area contributed by atoms with Crippen molar-refractivity contribution in [2.45, 2.75) is 20.3 Å². The van der Waals surface area contributed by atoms with Gasteiger partial charge in [0, 0.05) is 11.3 Å². The Morgan fingerprint density at radius 1 is 1.27 bits per heavy atom. The van der Waals surface area contributed by atoms with Gasteiger partial charge in [0.05, 0.1) is 17.8 Å². The average Bonchev–Trinajstić information content (AvgIpc) is 2.74. The van der Waals surface area contributed by atoms with Crippen LogP contribution in [-0.4, -0.2) is 33.3 Å². The van der Waals surface area contributed by atoms with E-state index in [4.69, 9.17) is 5.11 Å². The molecule has 2 aromatic rings. The van der Waals surface area contributed by atoms with Gasteiger partial charge in [0.1, 0.15) is 12.4 Å². The predicted octanol–water partition coefficient (Wildman–Crippen LogP) is 1.37. The third kappa shape index (κ3) is 3.49. The molecule has 2 N–H and O–H groups in total. The van der Waals surface area contributed by atoms with Crippen LogP contribution in [-0.2, 0) is 16.0 Å². The number of carbonyl (C=O) groups excluding carboxylic acids is 1. The molecule has 0 fully saturated rings. The summed E-state index contributed by atoms with van der Waals surface area (Å²) >= 11 is 0. The first kappa shape index (κ1) is 15.7. The summed E-state index contributed by atoms with van der Waals surface area (Å²) in [5, 5.41) is 15.2. The Labute approximate surface area is 126 Å². The molecule has 0 bridgehead atoms. The van der Waals surface area contributed by atoms with E-state index in [-0.39, 0.29) is 18.1 Å². The summed E-state index contributed by atoms with van der Waals surface area (Å²) in [5.74, 6) is -1.81. The van der Waals surface area contributed by atoms with Crippen molar-refractivity contribution in [1.82, 2.24) is 15.1 Å². The molecule has 0 aliphatic rings. The van der Waals surface area contributed by atoms with Crippen LogP contribution in [0.1, 0.15) is 17.0 Å². The van der Waals surface area contributed by atoms with Crippen LogP contribution < -0.4 is 5.32 Å². The van der Waals surface area contributed by atoms with Gasteiger partial charge in [-0.15, -0.1) is 0 Å². The quantitative estimate of drug-likeness (QED) is 0.874. The molecule has 22 heavy (non-hydrogen) atoms. The van der Waals surface area contributed by atoms with Crippen LogP contribution in [0.3, 0.4) is 0 Å². The van der Waals surface area contributed by atoms with Crippen molar-refractivity contribution in [2.24, 2.45) is 0 Å². The van der Waals surface area contributed by atoms with Crippen molar-refractivity contribution in [1.29, 1.82) is 0 Å². The lowest BCUT2D eigenvalue weighted by Gasteiger charge is -2.06. The van der Waals surface area contributed by atoms with Gasteiger partial charge in [-0.25, -0.2) is 9.07 Å². The molecule has 0 aliphatic heterocycles. The normalized spacial score (nSPS) is 10.5.